The summed E-state index contributed by atoms with van der Waals surface area (Å²) in [6.45, 7) is 0. The van der Waals surface area contributed by atoms with Crippen molar-refractivity contribution in [2.45, 2.75) is 0 Å². The highest BCUT2D eigenvalue weighted by Gasteiger charge is 2.09. The fourth-order valence-electron chi connectivity index (χ4n) is 2.37. The van der Waals surface area contributed by atoms with E-state index in [1.54, 1.807) is 4.68 Å². The van der Waals surface area contributed by atoms with E-state index < -0.39 is 0 Å². The van der Waals surface area contributed by atoms with Gasteiger partial charge in [0, 0.05) is 30.1 Å². The molecule has 0 aliphatic rings. The van der Waals surface area contributed by atoms with Gasteiger partial charge < -0.3 is 5.73 Å². The van der Waals surface area contributed by atoms with E-state index in [-0.39, 0.29) is 0 Å². The van der Waals surface area contributed by atoms with E-state index in [4.69, 9.17) is 11.0 Å². The van der Waals surface area contributed by atoms with Crippen LogP contribution in [0, 0.1) is 11.3 Å². The molecule has 4 nitrogen and oxygen atoms in total. The van der Waals surface area contributed by atoms with Crippen LogP contribution >= 0.6 is 0 Å². The Bertz CT molecular complexity index is 823. The molecule has 1 aromatic heterocycles. The van der Waals surface area contributed by atoms with Crippen molar-refractivity contribution in [2.24, 2.45) is 7.05 Å². The second-order valence-corrected chi connectivity index (χ2v) is 4.84. The van der Waals surface area contributed by atoms with Crippen molar-refractivity contribution in [3.8, 4) is 28.3 Å². The van der Waals surface area contributed by atoms with Gasteiger partial charge in [-0.1, -0.05) is 42.5 Å². The zero-order valence-electron chi connectivity index (χ0n) is 11.6. The molecule has 0 saturated heterocycles. The number of rotatable bonds is 2. The van der Waals surface area contributed by atoms with Crippen molar-refractivity contribution in [1.82, 2.24) is 9.78 Å². The first-order valence-corrected chi connectivity index (χ1v) is 6.58. The van der Waals surface area contributed by atoms with Crippen LogP contribution in [0.3, 0.4) is 0 Å². The van der Waals surface area contributed by atoms with E-state index in [1.807, 2.05) is 61.8 Å². The maximum absolute atomic E-state index is 9.12. The number of aromatic nitrogens is 2. The van der Waals surface area contributed by atoms with Crippen LogP contribution in [0.4, 0.5) is 5.69 Å². The molecule has 0 fully saturated rings. The Labute approximate surface area is 123 Å². The van der Waals surface area contributed by atoms with Crippen molar-refractivity contribution < 1.29 is 0 Å². The highest BCUT2D eigenvalue weighted by atomic mass is 15.2. The van der Waals surface area contributed by atoms with Gasteiger partial charge in [-0.15, -0.1) is 0 Å². The molecule has 21 heavy (non-hydrogen) atoms. The van der Waals surface area contributed by atoms with E-state index >= 15 is 0 Å². The van der Waals surface area contributed by atoms with Crippen molar-refractivity contribution in [1.29, 1.82) is 5.26 Å². The fourth-order valence-corrected chi connectivity index (χ4v) is 2.37. The number of nitrogens with zero attached hydrogens (tertiary/aromatic N) is 3. The van der Waals surface area contributed by atoms with E-state index in [0.717, 1.165) is 27.9 Å². The number of hydrogen-bond acceptors (Lipinski definition) is 3. The minimum absolute atomic E-state index is 0.435. The van der Waals surface area contributed by atoms with Crippen LogP contribution in [-0.4, -0.2) is 9.78 Å². The predicted octanol–water partition coefficient (Wildman–Crippen LogP) is 3.21. The minimum atomic E-state index is 0.435. The Balaban J connectivity index is 2.02. The lowest BCUT2D eigenvalue weighted by Crippen LogP contribution is -1.89. The molecule has 0 amide bonds. The summed E-state index contributed by atoms with van der Waals surface area (Å²) in [5.74, 6) is 0. The molecule has 0 aliphatic heterocycles. The smallest absolute Gasteiger partial charge is 0.170 e. The monoisotopic (exact) mass is 274 g/mol. The normalized spacial score (nSPS) is 10.3. The van der Waals surface area contributed by atoms with E-state index in [9.17, 15) is 0 Å². The molecule has 2 aromatic carbocycles. The summed E-state index contributed by atoms with van der Waals surface area (Å²) >= 11 is 0. The summed E-state index contributed by atoms with van der Waals surface area (Å²) < 4.78 is 1.65. The van der Waals surface area contributed by atoms with Gasteiger partial charge in [0.05, 0.1) is 0 Å². The number of aryl methyl sites for hydroxylation is 1. The number of nitrogen functional groups attached to an aromatic ring is 1. The Kier molecular flexibility index (Phi) is 3.17. The van der Waals surface area contributed by atoms with Gasteiger partial charge in [-0.25, -0.2) is 0 Å². The van der Waals surface area contributed by atoms with Crippen LogP contribution in [-0.2, 0) is 7.05 Å². The standard InChI is InChI=1S/C17H14N4/c1-21-11-15(17(10-18)20-21)13-8-6-12(7-9-13)14-4-2-3-5-16(14)19/h2-9,11H,19H2,1H3. The Morgan fingerprint density at radius 1 is 1.00 bits per heavy atom. The highest BCUT2D eigenvalue weighted by molar-refractivity contribution is 5.78. The van der Waals surface area contributed by atoms with Crippen LogP contribution in [0.2, 0.25) is 0 Å². The molecule has 102 valence electrons. The summed E-state index contributed by atoms with van der Waals surface area (Å²) in [6.07, 6.45) is 1.85. The molecule has 0 spiro atoms. The zero-order valence-corrected chi connectivity index (χ0v) is 11.6. The van der Waals surface area contributed by atoms with Gasteiger partial charge in [0.25, 0.3) is 0 Å². The van der Waals surface area contributed by atoms with Gasteiger partial charge in [0.2, 0.25) is 0 Å². The van der Waals surface area contributed by atoms with Gasteiger partial charge in [-0.3, -0.25) is 4.68 Å². The quantitative estimate of drug-likeness (QED) is 0.730. The first kappa shape index (κ1) is 12.9. The zero-order chi connectivity index (χ0) is 14.8. The lowest BCUT2D eigenvalue weighted by Gasteiger charge is -2.06. The molecular weight excluding hydrogens is 260 g/mol. The van der Waals surface area contributed by atoms with Crippen molar-refractivity contribution in [3.05, 3.63) is 60.4 Å². The van der Waals surface area contributed by atoms with Gasteiger partial charge in [0.1, 0.15) is 6.07 Å². The number of para-hydroxylation sites is 1. The minimum Gasteiger partial charge on any atom is -0.398 e. The average Bonchev–Trinajstić information content (AvgIpc) is 2.89. The summed E-state index contributed by atoms with van der Waals surface area (Å²) in [7, 11) is 1.81. The van der Waals surface area contributed by atoms with Crippen LogP contribution < -0.4 is 5.73 Å². The SMILES string of the molecule is Cn1cc(-c2ccc(-c3ccccc3N)cc2)c(C#N)n1. The lowest BCUT2D eigenvalue weighted by atomic mass is 10.00. The predicted molar refractivity (Wildman–Crippen MR) is 83.2 cm³/mol. The molecule has 0 aliphatic carbocycles. The number of nitrogens with two attached hydrogens (primary N) is 1. The van der Waals surface area contributed by atoms with Gasteiger partial charge in [0.15, 0.2) is 5.69 Å². The molecule has 0 bridgehead atoms. The first-order chi connectivity index (χ1) is 10.2. The molecule has 4 heteroatoms. The lowest BCUT2D eigenvalue weighted by molar-refractivity contribution is 0.763. The van der Waals surface area contributed by atoms with E-state index in [1.165, 1.54) is 0 Å². The first-order valence-electron chi connectivity index (χ1n) is 6.58. The largest absolute Gasteiger partial charge is 0.398 e. The second kappa shape index (κ2) is 5.14. The van der Waals surface area contributed by atoms with Gasteiger partial charge >= 0.3 is 0 Å². The maximum atomic E-state index is 9.12. The van der Waals surface area contributed by atoms with E-state index in [2.05, 4.69) is 11.2 Å². The molecule has 0 atom stereocenters. The molecule has 0 saturated carbocycles. The van der Waals surface area contributed by atoms with Crippen LogP contribution in [0.15, 0.2) is 54.7 Å². The van der Waals surface area contributed by atoms with Crippen molar-refractivity contribution in [3.63, 3.8) is 0 Å². The summed E-state index contributed by atoms with van der Waals surface area (Å²) in [5, 5.41) is 13.3. The molecule has 0 unspecified atom stereocenters. The topological polar surface area (TPSA) is 67.6 Å². The molecule has 1 heterocycles. The maximum Gasteiger partial charge on any atom is 0.170 e. The Morgan fingerprint density at radius 3 is 2.24 bits per heavy atom. The number of hydrogen-bond donors (Lipinski definition) is 1. The fraction of sp³-hybridized carbons (Fsp3) is 0.0588. The summed E-state index contributed by atoms with van der Waals surface area (Å²) in [5.41, 5.74) is 11.1. The molecule has 2 N–H and O–H groups in total. The third-order valence-corrected chi connectivity index (χ3v) is 3.40. The third kappa shape index (κ3) is 2.37. The summed E-state index contributed by atoms with van der Waals surface area (Å²) in [6, 6.07) is 17.9. The van der Waals surface area contributed by atoms with Crippen LogP contribution in [0.25, 0.3) is 22.3 Å². The van der Waals surface area contributed by atoms with E-state index in [0.29, 0.717) is 5.69 Å². The van der Waals surface area contributed by atoms with Crippen molar-refractivity contribution in [2.75, 3.05) is 5.73 Å². The average molecular weight is 274 g/mol. The molecular formula is C17H14N4. The second-order valence-electron chi connectivity index (χ2n) is 4.84. The summed E-state index contributed by atoms with van der Waals surface area (Å²) in [4.78, 5) is 0. The number of anilines is 1. The molecule has 3 rings (SSSR count). The van der Waals surface area contributed by atoms with Crippen LogP contribution in [0.5, 0.6) is 0 Å². The highest BCUT2D eigenvalue weighted by Crippen LogP contribution is 2.29. The molecule has 0 radical (unpaired) electrons. The van der Waals surface area contributed by atoms with Crippen molar-refractivity contribution >= 4 is 5.69 Å². The third-order valence-electron chi connectivity index (χ3n) is 3.40. The van der Waals surface area contributed by atoms with Gasteiger partial charge in [-0.2, -0.15) is 10.4 Å². The van der Waals surface area contributed by atoms with Gasteiger partial charge in [-0.05, 0) is 17.2 Å². The Morgan fingerprint density at radius 2 is 1.62 bits per heavy atom. The number of benzene rings is 2. The van der Waals surface area contributed by atoms with Crippen LogP contribution in [0.1, 0.15) is 5.69 Å². The number of nitriles is 1. The Hall–Kier alpha value is -3.06. The molecule has 3 aromatic rings.